The van der Waals surface area contributed by atoms with Crippen LogP contribution in [0.1, 0.15) is 0 Å². The molecule has 0 saturated carbocycles. The number of halogens is 2. The van der Waals surface area contributed by atoms with Gasteiger partial charge in [-0.15, -0.1) is 0 Å². The Hall–Kier alpha value is -0.930. The minimum atomic E-state index is 0.706. The average molecular weight is 270 g/mol. The van der Waals surface area contributed by atoms with Crippen LogP contribution >= 0.6 is 27.5 Å². The highest BCUT2D eigenvalue weighted by Gasteiger charge is 2.00. The Morgan fingerprint density at radius 2 is 2.00 bits per heavy atom. The number of rotatable bonds is 1. The van der Waals surface area contributed by atoms with Crippen molar-refractivity contribution < 1.29 is 0 Å². The molecule has 2 nitrogen and oxygen atoms in total. The van der Waals surface area contributed by atoms with Crippen LogP contribution in [0.4, 0.5) is 0 Å². The monoisotopic (exact) mass is 268 g/mol. The average Bonchev–Trinajstić information content (AvgIpc) is 2.18. The lowest BCUT2D eigenvalue weighted by Crippen LogP contribution is -1.85. The van der Waals surface area contributed by atoms with Gasteiger partial charge in [-0.3, -0.25) is 0 Å². The Morgan fingerprint density at radius 3 is 2.71 bits per heavy atom. The van der Waals surface area contributed by atoms with Crippen molar-refractivity contribution in [3.8, 4) is 11.3 Å². The van der Waals surface area contributed by atoms with E-state index in [9.17, 15) is 0 Å². The predicted octanol–water partition coefficient (Wildman–Crippen LogP) is 3.56. The third-order valence-corrected chi connectivity index (χ3v) is 2.42. The molecule has 1 aromatic carbocycles. The largest absolute Gasteiger partial charge is 0.236 e. The summed E-state index contributed by atoms with van der Waals surface area (Å²) >= 11 is 9.17. The number of nitrogens with zero attached hydrogens (tertiary/aromatic N) is 2. The van der Waals surface area contributed by atoms with Gasteiger partial charge in [0.2, 0.25) is 0 Å². The summed E-state index contributed by atoms with van der Waals surface area (Å²) in [6.07, 6.45) is 1.51. The van der Waals surface area contributed by atoms with Gasteiger partial charge in [-0.2, -0.15) is 0 Å². The smallest absolute Gasteiger partial charge is 0.117 e. The molecule has 0 N–H and O–H groups in total. The number of hydrogen-bond acceptors (Lipinski definition) is 2. The number of hydrogen-bond donors (Lipinski definition) is 0. The highest BCUT2D eigenvalue weighted by atomic mass is 79.9. The van der Waals surface area contributed by atoms with E-state index in [1.807, 2.05) is 30.3 Å². The summed E-state index contributed by atoms with van der Waals surface area (Å²) in [6.45, 7) is 0. The molecule has 0 aliphatic heterocycles. The molecule has 0 fully saturated rings. The molecule has 1 heterocycles. The first kappa shape index (κ1) is 9.62. The summed E-state index contributed by atoms with van der Waals surface area (Å²) in [6, 6.07) is 9.41. The fourth-order valence-corrected chi connectivity index (χ4v) is 1.64. The van der Waals surface area contributed by atoms with Gasteiger partial charge in [0.05, 0.1) is 5.69 Å². The molecule has 4 heteroatoms. The van der Waals surface area contributed by atoms with Gasteiger partial charge in [0, 0.05) is 10.6 Å². The Kier molecular flexibility index (Phi) is 2.79. The fourth-order valence-electron chi connectivity index (χ4n) is 1.14. The topological polar surface area (TPSA) is 25.8 Å². The van der Waals surface area contributed by atoms with Crippen molar-refractivity contribution >= 4 is 27.5 Å². The summed E-state index contributed by atoms with van der Waals surface area (Å²) < 4.78 is 0.766. The molecule has 1 aromatic heterocycles. The van der Waals surface area contributed by atoms with Crippen LogP contribution in [-0.2, 0) is 0 Å². The van der Waals surface area contributed by atoms with Crippen molar-refractivity contribution in [3.05, 3.63) is 46.3 Å². The molecule has 0 radical (unpaired) electrons. The van der Waals surface area contributed by atoms with Gasteiger partial charge in [-0.25, -0.2) is 9.97 Å². The van der Waals surface area contributed by atoms with Gasteiger partial charge in [0.25, 0.3) is 0 Å². The van der Waals surface area contributed by atoms with Crippen LogP contribution in [0.15, 0.2) is 41.3 Å². The Morgan fingerprint density at radius 1 is 1.14 bits per heavy atom. The lowest BCUT2D eigenvalue weighted by atomic mass is 10.1. The van der Waals surface area contributed by atoms with E-state index in [-0.39, 0.29) is 0 Å². The molecule has 0 spiro atoms. The Bertz CT molecular complexity index is 416. The number of aromatic nitrogens is 2. The van der Waals surface area contributed by atoms with E-state index >= 15 is 0 Å². The zero-order chi connectivity index (χ0) is 9.97. The third kappa shape index (κ3) is 2.11. The summed E-state index contributed by atoms with van der Waals surface area (Å²) in [5, 5.41) is 0.706. The second-order valence-electron chi connectivity index (χ2n) is 2.74. The van der Waals surface area contributed by atoms with E-state index in [2.05, 4.69) is 25.9 Å². The highest BCUT2D eigenvalue weighted by molar-refractivity contribution is 9.10. The van der Waals surface area contributed by atoms with Crippen LogP contribution in [0, 0.1) is 0 Å². The molecule has 0 atom stereocenters. The van der Waals surface area contributed by atoms with Crippen molar-refractivity contribution in [1.82, 2.24) is 9.97 Å². The molecule has 0 bridgehead atoms. The maximum atomic E-state index is 5.88. The quantitative estimate of drug-likeness (QED) is 0.740. The molecule has 14 heavy (non-hydrogen) atoms. The van der Waals surface area contributed by atoms with Crippen LogP contribution in [0.25, 0.3) is 11.3 Å². The van der Waals surface area contributed by atoms with Crippen LogP contribution in [0.2, 0.25) is 5.02 Å². The van der Waals surface area contributed by atoms with E-state index in [1.54, 1.807) is 0 Å². The van der Waals surface area contributed by atoms with Gasteiger partial charge in [-0.1, -0.05) is 23.7 Å². The van der Waals surface area contributed by atoms with E-state index in [0.717, 1.165) is 15.9 Å². The standard InChI is InChI=1S/C10H6BrClN2/c11-10-5-9(13-6-14-10)7-2-1-3-8(12)4-7/h1-6H. The van der Waals surface area contributed by atoms with Crippen LogP contribution < -0.4 is 0 Å². The fraction of sp³-hybridized carbons (Fsp3) is 0. The minimum Gasteiger partial charge on any atom is -0.236 e. The first-order valence-corrected chi connectivity index (χ1v) is 5.16. The zero-order valence-corrected chi connectivity index (χ0v) is 9.46. The van der Waals surface area contributed by atoms with E-state index < -0.39 is 0 Å². The third-order valence-electron chi connectivity index (χ3n) is 1.75. The van der Waals surface area contributed by atoms with Crippen molar-refractivity contribution in [2.75, 3.05) is 0 Å². The molecular formula is C10H6BrClN2. The SMILES string of the molecule is Clc1cccc(-c2cc(Br)ncn2)c1. The van der Waals surface area contributed by atoms with Crippen molar-refractivity contribution in [3.63, 3.8) is 0 Å². The van der Waals surface area contributed by atoms with Crippen LogP contribution in [0.3, 0.4) is 0 Å². The summed E-state index contributed by atoms with van der Waals surface area (Å²) in [7, 11) is 0. The number of benzene rings is 1. The first-order valence-electron chi connectivity index (χ1n) is 3.99. The molecular weight excluding hydrogens is 263 g/mol. The second kappa shape index (κ2) is 4.07. The Balaban J connectivity index is 2.49. The molecule has 0 aliphatic rings. The first-order chi connectivity index (χ1) is 6.75. The molecule has 2 aromatic rings. The Labute approximate surface area is 95.1 Å². The summed E-state index contributed by atoms with van der Waals surface area (Å²) in [4.78, 5) is 8.11. The predicted molar refractivity (Wildman–Crippen MR) is 60.2 cm³/mol. The van der Waals surface area contributed by atoms with Gasteiger partial charge >= 0.3 is 0 Å². The maximum Gasteiger partial charge on any atom is 0.117 e. The van der Waals surface area contributed by atoms with Crippen molar-refractivity contribution in [2.24, 2.45) is 0 Å². The van der Waals surface area contributed by atoms with Crippen LogP contribution in [0.5, 0.6) is 0 Å². The summed E-state index contributed by atoms with van der Waals surface area (Å²) in [5.41, 5.74) is 1.84. The molecule has 0 amide bonds. The molecule has 2 rings (SSSR count). The normalized spacial score (nSPS) is 10.1. The van der Waals surface area contributed by atoms with E-state index in [4.69, 9.17) is 11.6 Å². The van der Waals surface area contributed by atoms with Crippen molar-refractivity contribution in [1.29, 1.82) is 0 Å². The molecule has 0 saturated heterocycles. The van der Waals surface area contributed by atoms with Gasteiger partial charge in [0.15, 0.2) is 0 Å². The zero-order valence-electron chi connectivity index (χ0n) is 7.11. The van der Waals surface area contributed by atoms with Crippen LogP contribution in [-0.4, -0.2) is 9.97 Å². The molecule has 70 valence electrons. The highest BCUT2D eigenvalue weighted by Crippen LogP contribution is 2.21. The lowest BCUT2D eigenvalue weighted by Gasteiger charge is -2.00. The summed E-state index contributed by atoms with van der Waals surface area (Å²) in [5.74, 6) is 0. The second-order valence-corrected chi connectivity index (χ2v) is 3.99. The lowest BCUT2D eigenvalue weighted by molar-refractivity contribution is 1.14. The van der Waals surface area contributed by atoms with E-state index in [1.165, 1.54) is 6.33 Å². The van der Waals surface area contributed by atoms with Crippen molar-refractivity contribution in [2.45, 2.75) is 0 Å². The van der Waals surface area contributed by atoms with E-state index in [0.29, 0.717) is 5.02 Å². The molecule has 0 unspecified atom stereocenters. The maximum absolute atomic E-state index is 5.88. The molecule has 0 aliphatic carbocycles. The van der Waals surface area contributed by atoms with Gasteiger partial charge < -0.3 is 0 Å². The minimum absolute atomic E-state index is 0.706. The van der Waals surface area contributed by atoms with Gasteiger partial charge in [-0.05, 0) is 34.1 Å². The van der Waals surface area contributed by atoms with Gasteiger partial charge in [0.1, 0.15) is 10.9 Å².